The molecule has 0 spiro atoms. The number of aliphatic carboxylic acids is 1. The fourth-order valence-electron chi connectivity index (χ4n) is 1.69. The molecule has 0 heterocycles. The van der Waals surface area contributed by atoms with E-state index >= 15 is 0 Å². The number of nitrogens with zero attached hydrogens (tertiary/aromatic N) is 1. The first-order chi connectivity index (χ1) is 6.90. The molecule has 0 aliphatic heterocycles. The first-order valence-electron chi connectivity index (χ1n) is 5.35. The smallest absolute Gasteiger partial charge is 0.326 e. The fraction of sp³-hybridized carbons (Fsp3) is 0.909. The molecule has 0 amide bonds. The molecule has 0 bridgehead atoms. The zero-order chi connectivity index (χ0) is 12.1. The summed E-state index contributed by atoms with van der Waals surface area (Å²) in [5.41, 5.74) is -0.941. The molecule has 2 atom stereocenters. The van der Waals surface area contributed by atoms with Crippen molar-refractivity contribution in [1.82, 2.24) is 4.90 Å². The number of carboxylic acids is 1. The Hall–Kier alpha value is -0.610. The van der Waals surface area contributed by atoms with E-state index in [0.29, 0.717) is 0 Å². The van der Waals surface area contributed by atoms with E-state index in [-0.39, 0.29) is 12.6 Å². The van der Waals surface area contributed by atoms with Crippen LogP contribution in [0.3, 0.4) is 0 Å². The highest BCUT2D eigenvalue weighted by atomic mass is 16.5. The number of carbonyl (C=O) groups is 1. The van der Waals surface area contributed by atoms with Gasteiger partial charge in [-0.2, -0.15) is 0 Å². The first-order valence-corrected chi connectivity index (χ1v) is 5.35. The van der Waals surface area contributed by atoms with Crippen LogP contribution >= 0.6 is 0 Å². The van der Waals surface area contributed by atoms with Gasteiger partial charge in [0, 0.05) is 13.2 Å². The van der Waals surface area contributed by atoms with Crippen LogP contribution in [0.5, 0.6) is 0 Å². The van der Waals surface area contributed by atoms with E-state index < -0.39 is 11.5 Å². The first kappa shape index (κ1) is 14.4. The topological polar surface area (TPSA) is 49.8 Å². The molecule has 0 rings (SSSR count). The van der Waals surface area contributed by atoms with E-state index in [0.717, 1.165) is 12.8 Å². The molecule has 15 heavy (non-hydrogen) atoms. The minimum absolute atomic E-state index is 0.201. The highest BCUT2D eigenvalue weighted by Crippen LogP contribution is 2.19. The predicted molar refractivity (Wildman–Crippen MR) is 60.0 cm³/mol. The summed E-state index contributed by atoms with van der Waals surface area (Å²) in [6.07, 6.45) is 2.04. The van der Waals surface area contributed by atoms with E-state index in [2.05, 4.69) is 6.92 Å². The van der Waals surface area contributed by atoms with Crippen LogP contribution in [-0.2, 0) is 9.53 Å². The molecular weight excluding hydrogens is 194 g/mol. The summed E-state index contributed by atoms with van der Waals surface area (Å²) >= 11 is 0. The molecule has 0 aromatic carbocycles. The van der Waals surface area contributed by atoms with Gasteiger partial charge in [0.2, 0.25) is 0 Å². The van der Waals surface area contributed by atoms with Gasteiger partial charge < -0.3 is 9.84 Å². The zero-order valence-corrected chi connectivity index (χ0v) is 10.4. The van der Waals surface area contributed by atoms with Gasteiger partial charge in [-0.3, -0.25) is 9.69 Å². The van der Waals surface area contributed by atoms with Crippen LogP contribution in [0.25, 0.3) is 0 Å². The molecule has 4 heteroatoms. The summed E-state index contributed by atoms with van der Waals surface area (Å²) in [5, 5.41) is 9.23. The lowest BCUT2D eigenvalue weighted by atomic mass is 9.98. The molecule has 0 saturated carbocycles. The average molecular weight is 217 g/mol. The van der Waals surface area contributed by atoms with Gasteiger partial charge in [-0.25, -0.2) is 0 Å². The third kappa shape index (κ3) is 3.47. The Morgan fingerprint density at radius 2 is 2.13 bits per heavy atom. The van der Waals surface area contributed by atoms with Crippen LogP contribution in [0.2, 0.25) is 0 Å². The van der Waals surface area contributed by atoms with Crippen molar-refractivity contribution >= 4 is 5.97 Å². The van der Waals surface area contributed by atoms with E-state index in [4.69, 9.17) is 4.74 Å². The van der Waals surface area contributed by atoms with Crippen LogP contribution < -0.4 is 0 Å². The molecule has 0 aliphatic carbocycles. The fourth-order valence-corrected chi connectivity index (χ4v) is 1.69. The molecular formula is C11H23NO3. The van der Waals surface area contributed by atoms with E-state index in [1.54, 1.807) is 6.92 Å². The molecule has 0 fully saturated rings. The molecule has 2 unspecified atom stereocenters. The second-order valence-corrected chi connectivity index (χ2v) is 4.26. The van der Waals surface area contributed by atoms with Crippen LogP contribution in [0.1, 0.15) is 33.6 Å². The summed E-state index contributed by atoms with van der Waals surface area (Å²) in [4.78, 5) is 13.1. The molecule has 90 valence electrons. The van der Waals surface area contributed by atoms with Gasteiger partial charge in [0.05, 0.1) is 6.61 Å². The highest BCUT2D eigenvalue weighted by molar-refractivity contribution is 5.78. The maximum absolute atomic E-state index is 11.2. The Bertz CT molecular complexity index is 208. The standard InChI is InChI=1S/C11H23NO3/c1-6-7-9(2)12(4)11(3,8-15-5)10(13)14/h9H,6-8H2,1-5H3,(H,13,14). The van der Waals surface area contributed by atoms with Gasteiger partial charge in [-0.15, -0.1) is 0 Å². The predicted octanol–water partition coefficient (Wildman–Crippen LogP) is 1.60. The Kier molecular flexibility index (Phi) is 5.83. The highest BCUT2D eigenvalue weighted by Gasteiger charge is 2.39. The van der Waals surface area contributed by atoms with E-state index in [9.17, 15) is 9.90 Å². The summed E-state index contributed by atoms with van der Waals surface area (Å²) in [5.74, 6) is -0.838. The average Bonchev–Trinajstić information content (AvgIpc) is 2.17. The van der Waals surface area contributed by atoms with Gasteiger partial charge >= 0.3 is 5.97 Å². The Morgan fingerprint density at radius 1 is 1.60 bits per heavy atom. The Morgan fingerprint density at radius 3 is 2.47 bits per heavy atom. The maximum atomic E-state index is 11.2. The van der Waals surface area contributed by atoms with Gasteiger partial charge in [-0.1, -0.05) is 13.3 Å². The molecule has 0 saturated heterocycles. The quantitative estimate of drug-likeness (QED) is 0.703. The molecule has 0 aromatic rings. The van der Waals surface area contributed by atoms with Crippen molar-refractivity contribution in [1.29, 1.82) is 0 Å². The number of likely N-dealkylation sites (N-methyl/N-ethyl adjacent to an activating group) is 1. The SMILES string of the molecule is CCCC(C)N(C)C(C)(COC)C(=O)O. The van der Waals surface area contributed by atoms with Crippen molar-refractivity contribution < 1.29 is 14.6 Å². The molecule has 0 aromatic heterocycles. The maximum Gasteiger partial charge on any atom is 0.326 e. The monoisotopic (exact) mass is 217 g/mol. The molecule has 0 aliphatic rings. The number of ether oxygens (including phenoxy) is 1. The van der Waals surface area contributed by atoms with Crippen LogP contribution in [0, 0.1) is 0 Å². The summed E-state index contributed by atoms with van der Waals surface area (Å²) < 4.78 is 5.00. The third-order valence-corrected chi connectivity index (χ3v) is 3.03. The lowest BCUT2D eigenvalue weighted by Gasteiger charge is -2.38. The molecule has 0 radical (unpaired) electrons. The van der Waals surface area contributed by atoms with Crippen molar-refractivity contribution in [2.45, 2.75) is 45.2 Å². The summed E-state index contributed by atoms with van der Waals surface area (Å²) in [7, 11) is 3.37. The number of hydrogen-bond acceptors (Lipinski definition) is 3. The second-order valence-electron chi connectivity index (χ2n) is 4.26. The molecule has 1 N–H and O–H groups in total. The number of rotatable bonds is 7. The van der Waals surface area contributed by atoms with Crippen molar-refractivity contribution in [2.24, 2.45) is 0 Å². The van der Waals surface area contributed by atoms with Crippen molar-refractivity contribution in [3.63, 3.8) is 0 Å². The minimum atomic E-state index is -0.941. The van der Waals surface area contributed by atoms with Gasteiger partial charge in [0.25, 0.3) is 0 Å². The van der Waals surface area contributed by atoms with Gasteiger partial charge in [-0.05, 0) is 27.3 Å². The van der Waals surface area contributed by atoms with Crippen molar-refractivity contribution in [3.05, 3.63) is 0 Å². The minimum Gasteiger partial charge on any atom is -0.480 e. The largest absolute Gasteiger partial charge is 0.480 e. The summed E-state index contributed by atoms with van der Waals surface area (Å²) in [6, 6.07) is 0.242. The normalized spacial score (nSPS) is 17.5. The number of carboxylic acid groups (broad SMARTS) is 1. The Labute approximate surface area is 92.2 Å². The van der Waals surface area contributed by atoms with Crippen molar-refractivity contribution in [3.8, 4) is 0 Å². The number of methoxy groups -OCH3 is 1. The van der Waals surface area contributed by atoms with Crippen LogP contribution in [-0.4, -0.2) is 48.3 Å². The van der Waals surface area contributed by atoms with Crippen molar-refractivity contribution in [2.75, 3.05) is 20.8 Å². The zero-order valence-electron chi connectivity index (χ0n) is 10.4. The number of hydrogen-bond donors (Lipinski definition) is 1. The second kappa shape index (κ2) is 6.08. The van der Waals surface area contributed by atoms with Crippen LogP contribution in [0.4, 0.5) is 0 Å². The van der Waals surface area contributed by atoms with Crippen LogP contribution in [0.15, 0.2) is 0 Å². The summed E-state index contributed by atoms with van der Waals surface area (Å²) in [6.45, 7) is 6.04. The van der Waals surface area contributed by atoms with E-state index in [1.807, 2.05) is 18.9 Å². The Balaban J connectivity index is 4.68. The van der Waals surface area contributed by atoms with E-state index in [1.165, 1.54) is 7.11 Å². The lowest BCUT2D eigenvalue weighted by Crippen LogP contribution is -2.56. The molecule has 4 nitrogen and oxygen atoms in total. The van der Waals surface area contributed by atoms with Gasteiger partial charge in [0.1, 0.15) is 5.54 Å². The van der Waals surface area contributed by atoms with Gasteiger partial charge in [0.15, 0.2) is 0 Å². The lowest BCUT2D eigenvalue weighted by molar-refractivity contribution is -0.154. The third-order valence-electron chi connectivity index (χ3n) is 3.03.